The number of carbonyl (C=O) groups excluding carboxylic acids is 1. The van der Waals surface area contributed by atoms with Crippen LogP contribution in [0.3, 0.4) is 0 Å². The smallest absolute Gasteiger partial charge is 0.135 e. The van der Waals surface area contributed by atoms with Crippen LogP contribution in [0, 0.1) is 0 Å². The molecular weight excluding hydrogens is 152 g/mol. The van der Waals surface area contributed by atoms with Crippen LogP contribution in [0.1, 0.15) is 12.8 Å². The third-order valence-corrected chi connectivity index (χ3v) is 2.95. The van der Waals surface area contributed by atoms with Gasteiger partial charge in [-0.05, 0) is 7.05 Å². The first-order valence-corrected chi connectivity index (χ1v) is 4.70. The van der Waals surface area contributed by atoms with Gasteiger partial charge >= 0.3 is 0 Å². The summed E-state index contributed by atoms with van der Waals surface area (Å²) in [6.07, 6.45) is 1.56. The SMILES string of the molecule is CN1CCN2CCC(=O)CC2C1. The molecular formula is C9H16N2O. The highest BCUT2D eigenvalue weighted by atomic mass is 16.1. The van der Waals surface area contributed by atoms with Crippen LogP contribution >= 0.6 is 0 Å². The maximum absolute atomic E-state index is 11.2. The van der Waals surface area contributed by atoms with E-state index in [4.69, 9.17) is 0 Å². The molecule has 12 heavy (non-hydrogen) atoms. The molecule has 0 aromatic heterocycles. The van der Waals surface area contributed by atoms with Gasteiger partial charge in [0.05, 0.1) is 0 Å². The summed E-state index contributed by atoms with van der Waals surface area (Å²) < 4.78 is 0. The Kier molecular flexibility index (Phi) is 2.15. The van der Waals surface area contributed by atoms with Crippen molar-refractivity contribution >= 4 is 5.78 Å². The van der Waals surface area contributed by atoms with Crippen molar-refractivity contribution in [2.24, 2.45) is 0 Å². The highest BCUT2D eigenvalue weighted by molar-refractivity contribution is 5.80. The number of rotatable bonds is 0. The van der Waals surface area contributed by atoms with Gasteiger partial charge in [-0.3, -0.25) is 9.69 Å². The number of piperidine rings is 1. The van der Waals surface area contributed by atoms with Crippen molar-refractivity contribution in [1.29, 1.82) is 0 Å². The third kappa shape index (κ3) is 1.52. The van der Waals surface area contributed by atoms with E-state index in [9.17, 15) is 4.79 Å². The summed E-state index contributed by atoms with van der Waals surface area (Å²) in [5.41, 5.74) is 0. The molecule has 0 amide bonds. The van der Waals surface area contributed by atoms with Gasteiger partial charge in [-0.25, -0.2) is 0 Å². The summed E-state index contributed by atoms with van der Waals surface area (Å²) >= 11 is 0. The van der Waals surface area contributed by atoms with Gasteiger partial charge < -0.3 is 4.90 Å². The average molecular weight is 168 g/mol. The Morgan fingerprint density at radius 1 is 1.33 bits per heavy atom. The molecule has 0 aliphatic carbocycles. The first kappa shape index (κ1) is 8.20. The van der Waals surface area contributed by atoms with E-state index in [0.29, 0.717) is 11.8 Å². The topological polar surface area (TPSA) is 23.6 Å². The highest BCUT2D eigenvalue weighted by Gasteiger charge is 2.30. The lowest BCUT2D eigenvalue weighted by Gasteiger charge is -2.42. The number of fused-ring (bicyclic) bond motifs is 1. The maximum atomic E-state index is 11.2. The van der Waals surface area contributed by atoms with Crippen molar-refractivity contribution in [1.82, 2.24) is 9.80 Å². The minimum absolute atomic E-state index is 0.451. The minimum atomic E-state index is 0.451. The molecule has 0 spiro atoms. The fourth-order valence-electron chi connectivity index (χ4n) is 2.17. The summed E-state index contributed by atoms with van der Waals surface area (Å²) in [5, 5.41) is 0. The zero-order valence-corrected chi connectivity index (χ0v) is 7.62. The van der Waals surface area contributed by atoms with E-state index in [1.165, 1.54) is 0 Å². The lowest BCUT2D eigenvalue weighted by molar-refractivity contribution is -0.124. The monoisotopic (exact) mass is 168 g/mol. The molecule has 0 aromatic rings. The zero-order chi connectivity index (χ0) is 8.55. The second-order valence-corrected chi connectivity index (χ2v) is 3.94. The molecule has 0 aromatic carbocycles. The van der Waals surface area contributed by atoms with Crippen LogP contribution in [0.4, 0.5) is 0 Å². The zero-order valence-electron chi connectivity index (χ0n) is 7.62. The standard InChI is InChI=1S/C9H16N2O/c1-10-4-5-11-3-2-9(12)6-8(11)7-10/h8H,2-7H2,1H3. The lowest BCUT2D eigenvalue weighted by Crippen LogP contribution is -2.55. The van der Waals surface area contributed by atoms with Gasteiger partial charge in [0.2, 0.25) is 0 Å². The van der Waals surface area contributed by atoms with Crippen molar-refractivity contribution in [3.05, 3.63) is 0 Å². The van der Waals surface area contributed by atoms with Crippen LogP contribution < -0.4 is 0 Å². The van der Waals surface area contributed by atoms with Crippen LogP contribution in [0.15, 0.2) is 0 Å². The maximum Gasteiger partial charge on any atom is 0.135 e. The Balaban J connectivity index is 1.99. The van der Waals surface area contributed by atoms with Crippen LogP contribution in [0.5, 0.6) is 0 Å². The summed E-state index contributed by atoms with van der Waals surface area (Å²) in [6, 6.07) is 0.519. The van der Waals surface area contributed by atoms with Crippen molar-refractivity contribution in [3.63, 3.8) is 0 Å². The molecule has 2 fully saturated rings. The molecule has 3 nitrogen and oxygen atoms in total. The average Bonchev–Trinajstić information content (AvgIpc) is 2.03. The van der Waals surface area contributed by atoms with Gasteiger partial charge in [-0.2, -0.15) is 0 Å². The van der Waals surface area contributed by atoms with E-state index in [0.717, 1.165) is 39.0 Å². The van der Waals surface area contributed by atoms with Crippen LogP contribution in [0.2, 0.25) is 0 Å². The second kappa shape index (κ2) is 3.15. The molecule has 0 radical (unpaired) electrons. The lowest BCUT2D eigenvalue weighted by atomic mass is 9.99. The molecule has 68 valence electrons. The van der Waals surface area contributed by atoms with E-state index in [2.05, 4.69) is 16.8 Å². The predicted octanol–water partition coefficient (Wildman–Crippen LogP) is -0.0347. The predicted molar refractivity (Wildman–Crippen MR) is 47.1 cm³/mol. The molecule has 2 aliphatic heterocycles. The third-order valence-electron chi connectivity index (χ3n) is 2.95. The molecule has 2 heterocycles. The first-order valence-electron chi connectivity index (χ1n) is 4.70. The summed E-state index contributed by atoms with van der Waals surface area (Å²) in [5.74, 6) is 0.451. The number of Topliss-reactive ketones (excluding diaryl/α,β-unsaturated/α-hetero) is 1. The van der Waals surface area contributed by atoms with E-state index < -0.39 is 0 Å². The molecule has 0 saturated carbocycles. The molecule has 1 unspecified atom stereocenters. The minimum Gasteiger partial charge on any atom is -0.304 e. The van der Waals surface area contributed by atoms with Gasteiger partial charge in [0.25, 0.3) is 0 Å². The number of nitrogens with zero attached hydrogens (tertiary/aromatic N) is 2. The quantitative estimate of drug-likeness (QED) is 0.507. The number of likely N-dealkylation sites (N-methyl/N-ethyl adjacent to an activating group) is 1. The molecule has 0 N–H and O–H groups in total. The van der Waals surface area contributed by atoms with E-state index >= 15 is 0 Å². The van der Waals surface area contributed by atoms with Crippen LogP contribution in [-0.4, -0.2) is 54.9 Å². The van der Waals surface area contributed by atoms with Crippen LogP contribution in [0.25, 0.3) is 0 Å². The molecule has 0 bridgehead atoms. The Morgan fingerprint density at radius 2 is 2.17 bits per heavy atom. The summed E-state index contributed by atoms with van der Waals surface area (Å²) in [7, 11) is 2.14. The normalized spacial score (nSPS) is 33.4. The molecule has 2 aliphatic rings. The number of piperazine rings is 1. The van der Waals surface area contributed by atoms with Crippen molar-refractivity contribution in [3.8, 4) is 0 Å². The van der Waals surface area contributed by atoms with Gasteiger partial charge in [0.1, 0.15) is 5.78 Å². The Bertz CT molecular complexity index is 193. The van der Waals surface area contributed by atoms with Gasteiger partial charge in [-0.15, -0.1) is 0 Å². The first-order chi connectivity index (χ1) is 5.75. The van der Waals surface area contributed by atoms with Crippen molar-refractivity contribution < 1.29 is 4.79 Å². The molecule has 2 rings (SSSR count). The van der Waals surface area contributed by atoms with Crippen LogP contribution in [-0.2, 0) is 4.79 Å². The highest BCUT2D eigenvalue weighted by Crippen LogP contribution is 2.17. The Labute approximate surface area is 73.3 Å². The Hall–Kier alpha value is -0.410. The van der Waals surface area contributed by atoms with E-state index in [1.807, 2.05) is 0 Å². The van der Waals surface area contributed by atoms with E-state index in [1.54, 1.807) is 0 Å². The molecule has 1 atom stereocenters. The van der Waals surface area contributed by atoms with Gasteiger partial charge in [0.15, 0.2) is 0 Å². The number of ketones is 1. The fraction of sp³-hybridized carbons (Fsp3) is 0.889. The van der Waals surface area contributed by atoms with Crippen molar-refractivity contribution in [2.75, 3.05) is 33.2 Å². The van der Waals surface area contributed by atoms with Gasteiger partial charge in [0, 0.05) is 45.1 Å². The fourth-order valence-corrected chi connectivity index (χ4v) is 2.17. The van der Waals surface area contributed by atoms with Crippen molar-refractivity contribution in [2.45, 2.75) is 18.9 Å². The number of carbonyl (C=O) groups is 1. The van der Waals surface area contributed by atoms with Gasteiger partial charge in [-0.1, -0.05) is 0 Å². The molecule has 3 heteroatoms. The summed E-state index contributed by atoms with van der Waals surface area (Å²) in [6.45, 7) is 4.38. The number of hydrogen-bond donors (Lipinski definition) is 0. The second-order valence-electron chi connectivity index (χ2n) is 3.94. The largest absolute Gasteiger partial charge is 0.304 e. The molecule has 2 saturated heterocycles. The van der Waals surface area contributed by atoms with E-state index in [-0.39, 0.29) is 0 Å². The summed E-state index contributed by atoms with van der Waals surface area (Å²) in [4.78, 5) is 16.0. The number of hydrogen-bond acceptors (Lipinski definition) is 3. The Morgan fingerprint density at radius 3 is 3.00 bits per heavy atom.